The van der Waals surface area contributed by atoms with Crippen LogP contribution in [-0.2, 0) is 10.2 Å². The predicted octanol–water partition coefficient (Wildman–Crippen LogP) is -0.133. The molecular weight excluding hydrogens is 226 g/mol. The molecule has 0 radical (unpaired) electrons. The number of fused-ring (bicyclic) bond motifs is 1. The van der Waals surface area contributed by atoms with Crippen molar-refractivity contribution in [3.63, 3.8) is 0 Å². The second kappa shape index (κ2) is 4.60. The van der Waals surface area contributed by atoms with Crippen molar-refractivity contribution in [2.24, 2.45) is 5.92 Å². The molecule has 0 amide bonds. The van der Waals surface area contributed by atoms with Crippen LogP contribution in [-0.4, -0.2) is 56.8 Å². The van der Waals surface area contributed by atoms with E-state index in [9.17, 15) is 8.42 Å². The maximum Gasteiger partial charge on any atom is 0.281 e. The molecule has 2 atom stereocenters. The summed E-state index contributed by atoms with van der Waals surface area (Å²) in [6.45, 7) is 2.41. The number of hydrogen-bond donors (Lipinski definition) is 1. The van der Waals surface area contributed by atoms with E-state index in [1.54, 1.807) is 18.4 Å². The first-order valence-electron chi connectivity index (χ1n) is 5.93. The van der Waals surface area contributed by atoms with Crippen LogP contribution in [0.25, 0.3) is 0 Å². The van der Waals surface area contributed by atoms with Crippen molar-refractivity contribution >= 4 is 10.2 Å². The molecular formula is C10H21N3O2S. The smallest absolute Gasteiger partial charge is 0.281 e. The van der Waals surface area contributed by atoms with Crippen molar-refractivity contribution in [1.29, 1.82) is 0 Å². The summed E-state index contributed by atoms with van der Waals surface area (Å²) in [7, 11) is -0.0161. The lowest BCUT2D eigenvalue weighted by Gasteiger charge is -2.41. The van der Waals surface area contributed by atoms with E-state index in [4.69, 9.17) is 0 Å². The number of nitrogens with zero attached hydrogens (tertiary/aromatic N) is 2. The van der Waals surface area contributed by atoms with Gasteiger partial charge in [-0.15, -0.1) is 0 Å². The molecule has 2 fully saturated rings. The summed E-state index contributed by atoms with van der Waals surface area (Å²) in [5, 5.41) is 3.49. The van der Waals surface area contributed by atoms with Crippen LogP contribution in [0.5, 0.6) is 0 Å². The van der Waals surface area contributed by atoms with E-state index in [0.717, 1.165) is 25.8 Å². The second-order valence-electron chi connectivity index (χ2n) is 4.90. The van der Waals surface area contributed by atoms with Gasteiger partial charge in [-0.05, 0) is 31.7 Å². The first-order chi connectivity index (χ1) is 7.51. The molecule has 0 bridgehead atoms. The standard InChI is InChI=1S/C10H21N3O2S/c1-12(2)16(14,15)13-7-5-10-9(8-13)4-3-6-11-10/h9-11H,3-8H2,1-2H3/t9-,10+/m1/s1. The molecule has 2 heterocycles. The molecule has 0 unspecified atom stereocenters. The van der Waals surface area contributed by atoms with Crippen LogP contribution < -0.4 is 5.32 Å². The summed E-state index contributed by atoms with van der Waals surface area (Å²) in [4.78, 5) is 0. The van der Waals surface area contributed by atoms with E-state index in [0.29, 0.717) is 25.0 Å². The zero-order valence-electron chi connectivity index (χ0n) is 10.0. The van der Waals surface area contributed by atoms with Gasteiger partial charge in [-0.2, -0.15) is 17.0 Å². The Bertz CT molecular complexity index is 342. The average molecular weight is 247 g/mol. The van der Waals surface area contributed by atoms with Gasteiger partial charge in [-0.1, -0.05) is 0 Å². The predicted molar refractivity (Wildman–Crippen MR) is 63.3 cm³/mol. The van der Waals surface area contributed by atoms with Gasteiger partial charge in [0.1, 0.15) is 0 Å². The minimum atomic E-state index is -3.21. The SMILES string of the molecule is CN(C)S(=O)(=O)N1CC[C@@H]2NCCC[C@@H]2C1. The number of hydrogen-bond acceptors (Lipinski definition) is 3. The van der Waals surface area contributed by atoms with Crippen LogP contribution in [0.2, 0.25) is 0 Å². The van der Waals surface area contributed by atoms with Crippen LogP contribution in [0, 0.1) is 5.92 Å². The lowest BCUT2D eigenvalue weighted by molar-refractivity contribution is 0.166. The van der Waals surface area contributed by atoms with Gasteiger partial charge in [-0.3, -0.25) is 0 Å². The summed E-state index contributed by atoms with van der Waals surface area (Å²) in [6.07, 6.45) is 3.26. The molecule has 0 aromatic carbocycles. The summed E-state index contributed by atoms with van der Waals surface area (Å²) in [6, 6.07) is 0.530. The molecule has 6 heteroatoms. The van der Waals surface area contributed by atoms with Crippen LogP contribution in [0.1, 0.15) is 19.3 Å². The minimum Gasteiger partial charge on any atom is -0.314 e. The van der Waals surface area contributed by atoms with Gasteiger partial charge in [0.15, 0.2) is 0 Å². The van der Waals surface area contributed by atoms with Gasteiger partial charge in [0, 0.05) is 33.2 Å². The lowest BCUT2D eigenvalue weighted by Crippen LogP contribution is -2.55. The Labute approximate surface area is 98.0 Å². The van der Waals surface area contributed by atoms with Gasteiger partial charge >= 0.3 is 0 Å². The van der Waals surface area contributed by atoms with Gasteiger partial charge in [0.25, 0.3) is 10.2 Å². The molecule has 0 saturated carbocycles. The summed E-state index contributed by atoms with van der Waals surface area (Å²) < 4.78 is 26.9. The Morgan fingerprint density at radius 1 is 1.31 bits per heavy atom. The second-order valence-corrected chi connectivity index (χ2v) is 7.04. The molecule has 2 aliphatic rings. The quantitative estimate of drug-likeness (QED) is 0.739. The van der Waals surface area contributed by atoms with Crippen molar-refractivity contribution in [3.8, 4) is 0 Å². The largest absolute Gasteiger partial charge is 0.314 e. The van der Waals surface area contributed by atoms with E-state index in [-0.39, 0.29) is 0 Å². The van der Waals surface area contributed by atoms with Gasteiger partial charge in [-0.25, -0.2) is 0 Å². The monoisotopic (exact) mass is 247 g/mol. The van der Waals surface area contributed by atoms with Gasteiger partial charge < -0.3 is 5.32 Å². The van der Waals surface area contributed by atoms with Gasteiger partial charge in [0.2, 0.25) is 0 Å². The van der Waals surface area contributed by atoms with Crippen LogP contribution in [0.4, 0.5) is 0 Å². The van der Waals surface area contributed by atoms with Crippen molar-refractivity contribution < 1.29 is 8.42 Å². The molecule has 2 saturated heterocycles. The fourth-order valence-electron chi connectivity index (χ4n) is 2.65. The molecule has 2 rings (SSSR count). The molecule has 94 valence electrons. The Kier molecular flexibility index (Phi) is 3.53. The molecule has 1 N–H and O–H groups in total. The fourth-order valence-corrected chi connectivity index (χ4v) is 3.83. The maximum atomic E-state index is 12.0. The molecule has 16 heavy (non-hydrogen) atoms. The third-order valence-corrected chi connectivity index (χ3v) is 5.55. The van der Waals surface area contributed by atoms with E-state index in [1.807, 2.05) is 0 Å². The van der Waals surface area contributed by atoms with E-state index in [2.05, 4.69) is 5.32 Å². The first kappa shape index (κ1) is 12.3. The topological polar surface area (TPSA) is 52.7 Å². The van der Waals surface area contributed by atoms with Crippen molar-refractivity contribution in [1.82, 2.24) is 13.9 Å². The van der Waals surface area contributed by atoms with Gasteiger partial charge in [0.05, 0.1) is 0 Å². The van der Waals surface area contributed by atoms with Crippen molar-refractivity contribution in [3.05, 3.63) is 0 Å². The average Bonchev–Trinajstić information content (AvgIpc) is 2.28. The Morgan fingerprint density at radius 3 is 2.75 bits per heavy atom. The maximum absolute atomic E-state index is 12.0. The van der Waals surface area contributed by atoms with E-state index >= 15 is 0 Å². The summed E-state index contributed by atoms with van der Waals surface area (Å²) >= 11 is 0. The normalized spacial score (nSPS) is 32.7. The highest BCUT2D eigenvalue weighted by Crippen LogP contribution is 2.26. The number of nitrogens with one attached hydrogen (secondary N) is 1. The summed E-state index contributed by atoms with van der Waals surface area (Å²) in [5.74, 6) is 0.497. The number of piperidine rings is 2. The first-order valence-corrected chi connectivity index (χ1v) is 7.32. The highest BCUT2D eigenvalue weighted by atomic mass is 32.2. The Morgan fingerprint density at radius 2 is 2.06 bits per heavy atom. The highest BCUT2D eigenvalue weighted by Gasteiger charge is 2.36. The van der Waals surface area contributed by atoms with Crippen LogP contribution in [0.15, 0.2) is 0 Å². The van der Waals surface area contributed by atoms with Crippen LogP contribution >= 0.6 is 0 Å². The Balaban J connectivity index is 2.05. The lowest BCUT2D eigenvalue weighted by atomic mass is 9.86. The van der Waals surface area contributed by atoms with E-state index < -0.39 is 10.2 Å². The summed E-state index contributed by atoms with van der Waals surface area (Å²) in [5.41, 5.74) is 0. The van der Waals surface area contributed by atoms with Crippen LogP contribution in [0.3, 0.4) is 0 Å². The zero-order chi connectivity index (χ0) is 11.8. The fraction of sp³-hybridized carbons (Fsp3) is 1.00. The third-order valence-electron chi connectivity index (χ3n) is 3.64. The molecule has 0 spiro atoms. The third kappa shape index (κ3) is 2.25. The number of rotatable bonds is 2. The molecule has 5 nitrogen and oxygen atoms in total. The highest BCUT2D eigenvalue weighted by molar-refractivity contribution is 7.86. The molecule has 0 aliphatic carbocycles. The van der Waals surface area contributed by atoms with Crippen molar-refractivity contribution in [2.45, 2.75) is 25.3 Å². The van der Waals surface area contributed by atoms with E-state index in [1.165, 1.54) is 4.31 Å². The molecule has 2 aliphatic heterocycles. The Hall–Kier alpha value is -0.170. The minimum absolute atomic E-state index is 0.497. The zero-order valence-corrected chi connectivity index (χ0v) is 10.8. The molecule has 0 aromatic heterocycles. The molecule has 0 aromatic rings. The van der Waals surface area contributed by atoms with Crippen molar-refractivity contribution in [2.75, 3.05) is 33.7 Å².